The normalized spacial score (nSPS) is 10.6. The predicted molar refractivity (Wildman–Crippen MR) is 68.6 cm³/mol. The minimum Gasteiger partial charge on any atom is -0.308 e. The molecule has 0 radical (unpaired) electrons. The van der Waals surface area contributed by atoms with E-state index in [0.717, 1.165) is 18.8 Å². The Morgan fingerprint density at radius 3 is 2.50 bits per heavy atom. The van der Waals surface area contributed by atoms with Crippen molar-refractivity contribution in [2.75, 3.05) is 0 Å². The number of thiazole rings is 1. The molecule has 0 aliphatic heterocycles. The summed E-state index contributed by atoms with van der Waals surface area (Å²) in [4.78, 5) is 5.56. The summed E-state index contributed by atoms with van der Waals surface area (Å²) in [6.07, 6.45) is 0. The summed E-state index contributed by atoms with van der Waals surface area (Å²) in [6.45, 7) is 5.99. The summed E-state index contributed by atoms with van der Waals surface area (Å²) in [5, 5.41) is 3.43. The first kappa shape index (κ1) is 11.3. The van der Waals surface area contributed by atoms with Crippen molar-refractivity contribution in [3.8, 4) is 0 Å². The molecular formula is C13H16N2S. The zero-order valence-electron chi connectivity index (χ0n) is 9.66. The van der Waals surface area contributed by atoms with E-state index in [1.54, 1.807) is 11.3 Å². The van der Waals surface area contributed by atoms with Crippen LogP contribution in [0.4, 0.5) is 0 Å². The van der Waals surface area contributed by atoms with Crippen molar-refractivity contribution in [3.05, 3.63) is 51.5 Å². The van der Waals surface area contributed by atoms with Gasteiger partial charge in [-0.05, 0) is 19.4 Å². The SMILES string of the molecule is Cc1ccc(CNCc2scnc2C)cc1. The molecule has 0 amide bonds. The summed E-state index contributed by atoms with van der Waals surface area (Å²) < 4.78 is 0. The van der Waals surface area contributed by atoms with Crippen LogP contribution in [0, 0.1) is 13.8 Å². The van der Waals surface area contributed by atoms with Gasteiger partial charge in [-0.25, -0.2) is 4.98 Å². The minimum atomic E-state index is 0.907. The van der Waals surface area contributed by atoms with Crippen molar-refractivity contribution in [1.29, 1.82) is 0 Å². The van der Waals surface area contributed by atoms with E-state index >= 15 is 0 Å². The predicted octanol–water partition coefficient (Wildman–Crippen LogP) is 3.05. The lowest BCUT2D eigenvalue weighted by Crippen LogP contribution is -2.12. The van der Waals surface area contributed by atoms with Gasteiger partial charge in [0, 0.05) is 18.0 Å². The number of aryl methyl sites for hydroxylation is 2. The molecule has 2 aromatic rings. The molecule has 1 N–H and O–H groups in total. The first-order valence-electron chi connectivity index (χ1n) is 5.41. The van der Waals surface area contributed by atoms with Gasteiger partial charge < -0.3 is 5.32 Å². The summed E-state index contributed by atoms with van der Waals surface area (Å²) in [7, 11) is 0. The van der Waals surface area contributed by atoms with Gasteiger partial charge in [-0.2, -0.15) is 0 Å². The standard InChI is InChI=1S/C13H16N2S/c1-10-3-5-12(6-4-10)7-14-8-13-11(2)15-9-16-13/h3-6,9,14H,7-8H2,1-2H3. The number of rotatable bonds is 4. The number of benzene rings is 1. The average molecular weight is 232 g/mol. The maximum atomic E-state index is 4.23. The number of nitrogens with one attached hydrogen (secondary N) is 1. The van der Waals surface area contributed by atoms with E-state index < -0.39 is 0 Å². The van der Waals surface area contributed by atoms with Crippen molar-refractivity contribution in [1.82, 2.24) is 10.3 Å². The van der Waals surface area contributed by atoms with Crippen LogP contribution >= 0.6 is 11.3 Å². The molecule has 2 rings (SSSR count). The Morgan fingerprint density at radius 1 is 1.12 bits per heavy atom. The molecule has 0 saturated heterocycles. The van der Waals surface area contributed by atoms with E-state index in [2.05, 4.69) is 48.4 Å². The highest BCUT2D eigenvalue weighted by atomic mass is 32.1. The molecule has 1 aromatic heterocycles. The Morgan fingerprint density at radius 2 is 1.88 bits per heavy atom. The van der Waals surface area contributed by atoms with Crippen LogP contribution < -0.4 is 5.32 Å². The van der Waals surface area contributed by atoms with Gasteiger partial charge >= 0.3 is 0 Å². The molecule has 2 nitrogen and oxygen atoms in total. The lowest BCUT2D eigenvalue weighted by atomic mass is 10.1. The van der Waals surface area contributed by atoms with Crippen LogP contribution in [0.3, 0.4) is 0 Å². The number of aromatic nitrogens is 1. The zero-order chi connectivity index (χ0) is 11.4. The second kappa shape index (κ2) is 5.23. The van der Waals surface area contributed by atoms with Gasteiger partial charge in [0.25, 0.3) is 0 Å². The number of hydrogen-bond donors (Lipinski definition) is 1. The minimum absolute atomic E-state index is 0.907. The third-order valence-corrected chi connectivity index (χ3v) is 3.52. The van der Waals surface area contributed by atoms with Gasteiger partial charge in [0.1, 0.15) is 0 Å². The van der Waals surface area contributed by atoms with Crippen LogP contribution in [0.2, 0.25) is 0 Å². The first-order valence-corrected chi connectivity index (χ1v) is 6.29. The lowest BCUT2D eigenvalue weighted by molar-refractivity contribution is 0.697. The van der Waals surface area contributed by atoms with E-state index in [0.29, 0.717) is 0 Å². The molecule has 0 unspecified atom stereocenters. The zero-order valence-corrected chi connectivity index (χ0v) is 10.5. The Labute approximate surface area is 100 Å². The molecule has 1 heterocycles. The Bertz CT molecular complexity index is 445. The number of nitrogens with zero attached hydrogens (tertiary/aromatic N) is 1. The molecule has 0 aliphatic rings. The van der Waals surface area contributed by atoms with Crippen molar-refractivity contribution >= 4 is 11.3 Å². The van der Waals surface area contributed by atoms with Crippen molar-refractivity contribution in [2.24, 2.45) is 0 Å². The third-order valence-electron chi connectivity index (χ3n) is 2.58. The van der Waals surface area contributed by atoms with Gasteiger partial charge in [0.2, 0.25) is 0 Å². The number of hydrogen-bond acceptors (Lipinski definition) is 3. The molecule has 0 atom stereocenters. The fourth-order valence-electron chi connectivity index (χ4n) is 1.52. The highest BCUT2D eigenvalue weighted by Gasteiger charge is 2.00. The lowest BCUT2D eigenvalue weighted by Gasteiger charge is -2.04. The Hall–Kier alpha value is -1.19. The first-order chi connectivity index (χ1) is 7.75. The summed E-state index contributed by atoms with van der Waals surface area (Å²) in [6, 6.07) is 8.63. The highest BCUT2D eigenvalue weighted by Crippen LogP contribution is 2.11. The summed E-state index contributed by atoms with van der Waals surface area (Å²) in [5.41, 5.74) is 5.68. The molecule has 0 bridgehead atoms. The van der Waals surface area contributed by atoms with Gasteiger partial charge in [-0.1, -0.05) is 29.8 Å². The molecule has 0 saturated carbocycles. The fourth-order valence-corrected chi connectivity index (χ4v) is 2.27. The molecule has 0 aliphatic carbocycles. The van der Waals surface area contributed by atoms with E-state index in [1.165, 1.54) is 16.0 Å². The summed E-state index contributed by atoms with van der Waals surface area (Å²) >= 11 is 1.71. The molecule has 3 heteroatoms. The molecule has 0 fully saturated rings. The molecular weight excluding hydrogens is 216 g/mol. The van der Waals surface area contributed by atoms with Crippen molar-refractivity contribution in [3.63, 3.8) is 0 Å². The molecule has 84 valence electrons. The monoisotopic (exact) mass is 232 g/mol. The second-order valence-electron chi connectivity index (χ2n) is 3.95. The van der Waals surface area contributed by atoms with E-state index in [1.807, 2.05) is 5.51 Å². The van der Waals surface area contributed by atoms with Crippen LogP contribution in [0.15, 0.2) is 29.8 Å². The maximum absolute atomic E-state index is 4.23. The highest BCUT2D eigenvalue weighted by molar-refractivity contribution is 7.09. The van der Waals surface area contributed by atoms with Gasteiger partial charge in [0.05, 0.1) is 11.2 Å². The van der Waals surface area contributed by atoms with E-state index in [-0.39, 0.29) is 0 Å². The largest absolute Gasteiger partial charge is 0.308 e. The van der Waals surface area contributed by atoms with E-state index in [9.17, 15) is 0 Å². The van der Waals surface area contributed by atoms with Crippen LogP contribution in [-0.2, 0) is 13.1 Å². The average Bonchev–Trinajstić information content (AvgIpc) is 2.68. The van der Waals surface area contributed by atoms with Gasteiger partial charge in [-0.3, -0.25) is 0 Å². The fraction of sp³-hybridized carbons (Fsp3) is 0.308. The van der Waals surface area contributed by atoms with Crippen molar-refractivity contribution < 1.29 is 0 Å². The Kier molecular flexibility index (Phi) is 3.70. The topological polar surface area (TPSA) is 24.9 Å². The van der Waals surface area contributed by atoms with Crippen LogP contribution in [0.5, 0.6) is 0 Å². The second-order valence-corrected chi connectivity index (χ2v) is 4.89. The smallest absolute Gasteiger partial charge is 0.0798 e. The Balaban J connectivity index is 1.84. The van der Waals surface area contributed by atoms with Crippen LogP contribution in [0.1, 0.15) is 21.7 Å². The molecule has 0 spiro atoms. The van der Waals surface area contributed by atoms with Gasteiger partial charge in [0.15, 0.2) is 0 Å². The van der Waals surface area contributed by atoms with Gasteiger partial charge in [-0.15, -0.1) is 11.3 Å². The maximum Gasteiger partial charge on any atom is 0.0798 e. The van der Waals surface area contributed by atoms with Crippen LogP contribution in [0.25, 0.3) is 0 Å². The summed E-state index contributed by atoms with van der Waals surface area (Å²) in [5.74, 6) is 0. The molecule has 1 aromatic carbocycles. The van der Waals surface area contributed by atoms with E-state index in [4.69, 9.17) is 0 Å². The van der Waals surface area contributed by atoms with Crippen LogP contribution in [-0.4, -0.2) is 4.98 Å². The van der Waals surface area contributed by atoms with Crippen molar-refractivity contribution in [2.45, 2.75) is 26.9 Å². The third kappa shape index (κ3) is 2.90. The quantitative estimate of drug-likeness (QED) is 0.876. The molecule has 16 heavy (non-hydrogen) atoms.